The van der Waals surface area contributed by atoms with Crippen LogP contribution in [-0.2, 0) is 54.7 Å². The maximum atomic E-state index is 14.2. The zero-order valence-corrected chi connectivity index (χ0v) is 31.8. The van der Waals surface area contributed by atoms with Crippen LogP contribution in [0.2, 0.25) is 0 Å². The monoisotopic (exact) mass is 749 g/mol. The Morgan fingerprint density at radius 2 is 1.61 bits per heavy atom. The SMILES string of the molecule is CC(=O)O[C@@H](CC(=O)O[C@H](C(=O)OC1=CC[C@@]2(O)[C@H]3Cc4ccc(OC(=O)OC(C)(C)C)c5c4[C@@]2(CCN3C)[C@H]1O5)c1ccccc1)C(=O)OC(C)(C)C. The predicted octanol–water partition coefficient (Wildman–Crippen LogP) is 4.77. The van der Waals surface area contributed by atoms with Gasteiger partial charge in [-0.2, -0.15) is 0 Å². The van der Waals surface area contributed by atoms with Gasteiger partial charge in [0.05, 0.1) is 17.4 Å². The summed E-state index contributed by atoms with van der Waals surface area (Å²) in [5, 5.41) is 12.6. The van der Waals surface area contributed by atoms with Gasteiger partial charge in [-0.3, -0.25) is 9.59 Å². The van der Waals surface area contributed by atoms with Crippen LogP contribution in [0, 0.1) is 0 Å². The molecule has 2 heterocycles. The number of carbonyl (C=O) groups is 5. The van der Waals surface area contributed by atoms with Crippen molar-refractivity contribution in [2.45, 2.75) is 121 Å². The fraction of sp³-hybridized carbons (Fsp3) is 0.525. The molecule has 14 heteroatoms. The summed E-state index contributed by atoms with van der Waals surface area (Å²) in [6.45, 7) is 11.7. The molecular formula is C40H47NO13. The molecule has 0 radical (unpaired) electrons. The third-order valence-corrected chi connectivity index (χ3v) is 10.0. The third kappa shape index (κ3) is 7.28. The van der Waals surface area contributed by atoms with Gasteiger partial charge < -0.3 is 43.2 Å². The first-order valence-corrected chi connectivity index (χ1v) is 17.9. The highest BCUT2D eigenvalue weighted by Gasteiger charge is 2.72. The standard InChI is InChI=1S/C40H47NO13/c1-22(42)48-27(34(44)53-37(2,3)4)21-29(43)51-31(23-12-10-9-11-13-23)35(45)49-26-16-17-40(47)28-20-24-14-15-25(50-36(46)54-38(5,6)7)32-30(24)39(40,33(26)52-32)18-19-41(28)8/h9-16,27-28,31,33,47H,17-21H2,1-8H3/t27-,28+,31-,33-,39-,40+/m0/s1. The second-order valence-corrected chi connectivity index (χ2v) is 16.2. The van der Waals surface area contributed by atoms with E-state index in [0.717, 1.165) is 12.5 Å². The van der Waals surface area contributed by atoms with Crippen LogP contribution >= 0.6 is 0 Å². The van der Waals surface area contributed by atoms with E-state index in [9.17, 15) is 29.1 Å². The molecule has 2 aliphatic heterocycles. The Kier molecular flexibility index (Phi) is 10.1. The van der Waals surface area contributed by atoms with Crippen LogP contribution in [0.5, 0.6) is 11.5 Å². The first kappa shape index (κ1) is 38.8. The van der Waals surface area contributed by atoms with Gasteiger partial charge in [0.1, 0.15) is 17.0 Å². The molecule has 1 saturated heterocycles. The fourth-order valence-electron chi connectivity index (χ4n) is 7.99. The Hall–Kier alpha value is -4.95. The van der Waals surface area contributed by atoms with Gasteiger partial charge >= 0.3 is 30.0 Å². The number of piperidine rings is 1. The number of ether oxygens (including phenoxy) is 7. The summed E-state index contributed by atoms with van der Waals surface area (Å²) in [5.74, 6) is -3.35. The third-order valence-electron chi connectivity index (χ3n) is 10.0. The molecular weight excluding hydrogens is 702 g/mol. The molecule has 54 heavy (non-hydrogen) atoms. The molecule has 2 aliphatic carbocycles. The zero-order chi connectivity index (χ0) is 39.4. The first-order chi connectivity index (χ1) is 25.2. The van der Waals surface area contributed by atoms with Crippen molar-refractivity contribution in [2.75, 3.05) is 13.6 Å². The molecule has 2 aromatic rings. The summed E-state index contributed by atoms with van der Waals surface area (Å²) >= 11 is 0. The summed E-state index contributed by atoms with van der Waals surface area (Å²) in [6.07, 6.45) is -3.28. The molecule has 0 saturated carbocycles. The highest BCUT2D eigenvalue weighted by molar-refractivity contribution is 5.86. The van der Waals surface area contributed by atoms with Crippen LogP contribution in [0.3, 0.4) is 0 Å². The smallest absolute Gasteiger partial charge is 0.477 e. The molecule has 2 aromatic carbocycles. The van der Waals surface area contributed by atoms with Crippen LogP contribution in [0.25, 0.3) is 0 Å². The molecule has 290 valence electrons. The van der Waals surface area contributed by atoms with Crippen molar-refractivity contribution in [2.24, 2.45) is 0 Å². The summed E-state index contributed by atoms with van der Waals surface area (Å²) in [7, 11) is 1.96. The van der Waals surface area contributed by atoms with Gasteiger partial charge in [-0.15, -0.1) is 0 Å². The lowest BCUT2D eigenvalue weighted by Crippen LogP contribution is -2.74. The lowest BCUT2D eigenvalue weighted by molar-refractivity contribution is -0.182. The van der Waals surface area contributed by atoms with E-state index in [1.54, 1.807) is 84.0 Å². The minimum atomic E-state index is -1.63. The lowest BCUT2D eigenvalue weighted by Gasteiger charge is -2.61. The van der Waals surface area contributed by atoms with Gasteiger partial charge in [-0.05, 0) is 85.7 Å². The molecule has 1 spiro atoms. The maximum Gasteiger partial charge on any atom is 0.514 e. The van der Waals surface area contributed by atoms with Crippen LogP contribution < -0.4 is 9.47 Å². The Balaban J connectivity index is 1.31. The van der Waals surface area contributed by atoms with Gasteiger partial charge in [0.15, 0.2) is 17.6 Å². The average molecular weight is 750 g/mol. The highest BCUT2D eigenvalue weighted by atomic mass is 16.7. The van der Waals surface area contributed by atoms with Crippen molar-refractivity contribution < 1.29 is 62.2 Å². The van der Waals surface area contributed by atoms with Gasteiger partial charge in [-0.1, -0.05) is 36.4 Å². The Bertz CT molecular complexity index is 1880. The molecule has 0 unspecified atom stereocenters. The van der Waals surface area contributed by atoms with E-state index in [0.29, 0.717) is 24.9 Å². The normalized spacial score (nSPS) is 25.1. The molecule has 6 rings (SSSR count). The number of nitrogens with zero attached hydrogens (tertiary/aromatic N) is 1. The zero-order valence-electron chi connectivity index (χ0n) is 31.8. The summed E-state index contributed by atoms with van der Waals surface area (Å²) in [5.41, 5.74) is -2.33. The van der Waals surface area contributed by atoms with Crippen molar-refractivity contribution in [1.82, 2.24) is 4.90 Å². The van der Waals surface area contributed by atoms with Gasteiger partial charge in [0.2, 0.25) is 12.2 Å². The van der Waals surface area contributed by atoms with Gasteiger partial charge in [0.25, 0.3) is 0 Å². The maximum absolute atomic E-state index is 14.2. The number of aliphatic hydroxyl groups is 1. The molecule has 0 amide bonds. The van der Waals surface area contributed by atoms with Crippen LogP contribution in [0.15, 0.2) is 54.3 Å². The van der Waals surface area contributed by atoms with E-state index in [-0.39, 0.29) is 35.3 Å². The van der Waals surface area contributed by atoms with E-state index in [1.165, 1.54) is 0 Å². The van der Waals surface area contributed by atoms with Crippen LogP contribution in [-0.4, -0.2) is 88.7 Å². The van der Waals surface area contributed by atoms with E-state index < -0.39 is 77.0 Å². The Morgan fingerprint density at radius 3 is 2.26 bits per heavy atom. The lowest BCUT2D eigenvalue weighted by atomic mass is 9.50. The second-order valence-electron chi connectivity index (χ2n) is 16.2. The largest absolute Gasteiger partial charge is 0.514 e. The van der Waals surface area contributed by atoms with E-state index in [4.69, 9.17) is 33.2 Å². The van der Waals surface area contributed by atoms with Crippen molar-refractivity contribution in [3.8, 4) is 11.5 Å². The molecule has 1 fully saturated rings. The number of carbonyl (C=O) groups excluding carboxylic acids is 5. The van der Waals surface area contributed by atoms with Crippen molar-refractivity contribution in [1.29, 1.82) is 0 Å². The Labute approximate surface area is 313 Å². The fourth-order valence-corrected chi connectivity index (χ4v) is 7.99. The van der Waals surface area contributed by atoms with E-state index in [1.807, 2.05) is 13.1 Å². The average Bonchev–Trinajstić information content (AvgIpc) is 3.42. The molecule has 2 bridgehead atoms. The van der Waals surface area contributed by atoms with Crippen molar-refractivity contribution in [3.05, 3.63) is 71.0 Å². The minimum Gasteiger partial charge on any atom is -0.477 e. The quantitative estimate of drug-likeness (QED) is 0.211. The van der Waals surface area contributed by atoms with Crippen LogP contribution in [0.1, 0.15) is 90.5 Å². The minimum absolute atomic E-state index is 0.0868. The van der Waals surface area contributed by atoms with Gasteiger partial charge in [-0.25, -0.2) is 14.4 Å². The summed E-state index contributed by atoms with van der Waals surface area (Å²) < 4.78 is 39.9. The number of hydrogen-bond donors (Lipinski definition) is 1. The van der Waals surface area contributed by atoms with E-state index in [2.05, 4.69) is 4.90 Å². The molecule has 4 aliphatic rings. The number of benzene rings is 2. The summed E-state index contributed by atoms with van der Waals surface area (Å²) in [6, 6.07) is 11.3. The second kappa shape index (κ2) is 14.0. The number of likely N-dealkylation sites (tertiary alicyclic amines) is 1. The highest BCUT2D eigenvalue weighted by Crippen LogP contribution is 2.65. The molecule has 6 atom stereocenters. The van der Waals surface area contributed by atoms with Crippen molar-refractivity contribution in [3.63, 3.8) is 0 Å². The number of rotatable bonds is 9. The predicted molar refractivity (Wildman–Crippen MR) is 189 cm³/mol. The number of likely N-dealkylation sites (N-methyl/N-ethyl adjacent to an activating group) is 1. The van der Waals surface area contributed by atoms with E-state index >= 15 is 0 Å². The van der Waals surface area contributed by atoms with Crippen LogP contribution in [0.4, 0.5) is 4.79 Å². The molecule has 14 nitrogen and oxygen atoms in total. The number of esters is 4. The Morgan fingerprint density at radius 1 is 0.926 bits per heavy atom. The summed E-state index contributed by atoms with van der Waals surface area (Å²) in [4.78, 5) is 67.1. The van der Waals surface area contributed by atoms with Crippen molar-refractivity contribution >= 4 is 30.0 Å². The van der Waals surface area contributed by atoms with Gasteiger partial charge in [0, 0.05) is 30.5 Å². The number of hydrogen-bond acceptors (Lipinski definition) is 14. The molecule has 1 N–H and O–H groups in total. The molecule has 0 aromatic heterocycles. The topological polar surface area (TPSA) is 173 Å². The first-order valence-electron chi connectivity index (χ1n) is 17.9.